The molecule has 0 amide bonds. The van der Waals surface area contributed by atoms with E-state index in [0.29, 0.717) is 5.92 Å². The van der Waals surface area contributed by atoms with Gasteiger partial charge in [0, 0.05) is 22.1 Å². The molecule has 0 radical (unpaired) electrons. The van der Waals surface area contributed by atoms with Crippen molar-refractivity contribution in [2.75, 3.05) is 18.4 Å². The second-order valence-electron chi connectivity index (χ2n) is 6.63. The number of thiophene rings is 1. The van der Waals surface area contributed by atoms with Crippen LogP contribution in [0, 0.1) is 0 Å². The average Bonchev–Trinajstić information content (AvgIpc) is 3.32. The summed E-state index contributed by atoms with van der Waals surface area (Å²) in [6.45, 7) is 6.53. The highest BCUT2D eigenvalue weighted by Crippen LogP contribution is 2.37. The summed E-state index contributed by atoms with van der Waals surface area (Å²) >= 11 is 3.50. The van der Waals surface area contributed by atoms with Crippen molar-refractivity contribution in [1.82, 2.24) is 15.3 Å². The van der Waals surface area contributed by atoms with Crippen LogP contribution in [0.2, 0.25) is 0 Å². The Bertz CT molecular complexity index is 1040. The molecule has 0 bridgehead atoms. The number of benzene rings is 1. The van der Waals surface area contributed by atoms with Crippen molar-refractivity contribution < 1.29 is 0 Å². The maximum absolute atomic E-state index is 4.61. The van der Waals surface area contributed by atoms with E-state index in [9.17, 15) is 0 Å². The summed E-state index contributed by atoms with van der Waals surface area (Å²) in [6.07, 6.45) is 4.22. The number of aromatic nitrogens is 2. The van der Waals surface area contributed by atoms with Gasteiger partial charge >= 0.3 is 0 Å². The van der Waals surface area contributed by atoms with Crippen molar-refractivity contribution in [2.24, 2.45) is 0 Å². The van der Waals surface area contributed by atoms with E-state index in [-0.39, 0.29) is 0 Å². The zero-order valence-corrected chi connectivity index (χ0v) is 17.3. The Kier molecular flexibility index (Phi) is 5.66. The predicted octanol–water partition coefficient (Wildman–Crippen LogP) is 6.14. The number of nitrogens with zero attached hydrogens (tertiary/aromatic N) is 2. The third-order valence-corrected chi connectivity index (χ3v) is 6.89. The molecule has 4 rings (SSSR count). The number of nitrogens with one attached hydrogen (secondary N) is 2. The number of anilines is 2. The molecule has 1 aromatic carbocycles. The number of thiazole rings is 1. The van der Waals surface area contributed by atoms with E-state index in [1.54, 1.807) is 11.3 Å². The molecule has 2 N–H and O–H groups in total. The number of fused-ring (bicyclic) bond motifs is 2. The normalized spacial score (nSPS) is 12.7. The SMILES string of the molecule is CCNCC[C@H](CC)c1cc2c(Nc3ccc4scnc4c3)ccnc2s1. The molecule has 1 atom stereocenters. The van der Waals surface area contributed by atoms with Crippen molar-refractivity contribution >= 4 is 54.5 Å². The van der Waals surface area contributed by atoms with E-state index in [1.165, 1.54) is 21.4 Å². The second kappa shape index (κ2) is 8.33. The quantitative estimate of drug-likeness (QED) is 0.351. The molecular formula is C21H24N4S2. The summed E-state index contributed by atoms with van der Waals surface area (Å²) in [6, 6.07) is 10.7. The summed E-state index contributed by atoms with van der Waals surface area (Å²) in [7, 11) is 0. The molecule has 3 aromatic heterocycles. The largest absolute Gasteiger partial charge is 0.355 e. The van der Waals surface area contributed by atoms with Crippen molar-refractivity contribution in [2.45, 2.75) is 32.6 Å². The lowest BCUT2D eigenvalue weighted by atomic mass is 10.00. The first-order chi connectivity index (χ1) is 13.3. The maximum Gasteiger partial charge on any atom is 0.125 e. The minimum Gasteiger partial charge on any atom is -0.355 e. The van der Waals surface area contributed by atoms with Gasteiger partial charge in [0.25, 0.3) is 0 Å². The van der Waals surface area contributed by atoms with Crippen LogP contribution in [0.4, 0.5) is 11.4 Å². The van der Waals surface area contributed by atoms with Crippen LogP contribution in [0.5, 0.6) is 0 Å². The first-order valence-electron chi connectivity index (χ1n) is 9.48. The molecule has 0 saturated heterocycles. The molecule has 0 saturated carbocycles. The van der Waals surface area contributed by atoms with E-state index in [1.807, 2.05) is 23.0 Å². The van der Waals surface area contributed by atoms with Crippen LogP contribution in [-0.4, -0.2) is 23.1 Å². The average molecular weight is 397 g/mol. The molecule has 6 heteroatoms. The van der Waals surface area contributed by atoms with Crippen LogP contribution in [0.25, 0.3) is 20.4 Å². The molecule has 0 spiro atoms. The van der Waals surface area contributed by atoms with E-state index in [2.05, 4.69) is 64.8 Å². The Morgan fingerprint density at radius 2 is 2.04 bits per heavy atom. The van der Waals surface area contributed by atoms with Crippen LogP contribution < -0.4 is 10.6 Å². The van der Waals surface area contributed by atoms with Gasteiger partial charge in [-0.2, -0.15) is 0 Å². The van der Waals surface area contributed by atoms with E-state index in [0.717, 1.165) is 41.2 Å². The summed E-state index contributed by atoms with van der Waals surface area (Å²) in [5.41, 5.74) is 5.10. The molecule has 0 aliphatic rings. The molecule has 0 fully saturated rings. The summed E-state index contributed by atoms with van der Waals surface area (Å²) in [5.74, 6) is 0.586. The van der Waals surface area contributed by atoms with Crippen molar-refractivity contribution in [3.63, 3.8) is 0 Å². The Morgan fingerprint density at radius 3 is 2.89 bits per heavy atom. The first-order valence-corrected chi connectivity index (χ1v) is 11.2. The molecule has 0 unspecified atom stereocenters. The van der Waals surface area contributed by atoms with Gasteiger partial charge in [0.2, 0.25) is 0 Å². The molecule has 0 aliphatic carbocycles. The van der Waals surface area contributed by atoms with Crippen molar-refractivity contribution in [3.8, 4) is 0 Å². The Balaban J connectivity index is 1.62. The molecule has 3 heterocycles. The van der Waals surface area contributed by atoms with Gasteiger partial charge in [0.15, 0.2) is 0 Å². The molecule has 4 nitrogen and oxygen atoms in total. The second-order valence-corrected chi connectivity index (χ2v) is 8.58. The van der Waals surface area contributed by atoms with Gasteiger partial charge in [-0.1, -0.05) is 13.8 Å². The highest BCUT2D eigenvalue weighted by molar-refractivity contribution is 7.18. The van der Waals surface area contributed by atoms with Gasteiger partial charge in [0.1, 0.15) is 4.83 Å². The van der Waals surface area contributed by atoms with E-state index in [4.69, 9.17) is 0 Å². The molecule has 140 valence electrons. The fourth-order valence-electron chi connectivity index (χ4n) is 3.36. The fraction of sp³-hybridized carbons (Fsp3) is 0.333. The number of hydrogen-bond donors (Lipinski definition) is 2. The monoisotopic (exact) mass is 396 g/mol. The minimum absolute atomic E-state index is 0.586. The molecule has 4 aromatic rings. The Morgan fingerprint density at radius 1 is 1.11 bits per heavy atom. The predicted molar refractivity (Wildman–Crippen MR) is 119 cm³/mol. The third-order valence-electron chi connectivity index (χ3n) is 4.88. The van der Waals surface area contributed by atoms with Crippen LogP contribution in [-0.2, 0) is 0 Å². The standard InChI is InChI=1S/C21H24N4S2/c1-3-14(7-9-22-4-2)20-12-16-17(8-10-23-21(16)27-20)25-15-5-6-19-18(11-15)24-13-26-19/h5-6,8,10-14,22H,3-4,7,9H2,1-2H3,(H,23,25)/t14-/m0/s1. The zero-order valence-electron chi connectivity index (χ0n) is 15.7. The van der Waals surface area contributed by atoms with Crippen LogP contribution in [0.15, 0.2) is 42.0 Å². The Hall–Kier alpha value is -2.02. The highest BCUT2D eigenvalue weighted by Gasteiger charge is 2.15. The van der Waals surface area contributed by atoms with Gasteiger partial charge in [-0.15, -0.1) is 22.7 Å². The van der Waals surface area contributed by atoms with E-state index < -0.39 is 0 Å². The van der Waals surface area contributed by atoms with E-state index >= 15 is 0 Å². The van der Waals surface area contributed by atoms with Crippen molar-refractivity contribution in [1.29, 1.82) is 0 Å². The lowest BCUT2D eigenvalue weighted by Gasteiger charge is -2.12. The molecule has 27 heavy (non-hydrogen) atoms. The maximum atomic E-state index is 4.61. The van der Waals surface area contributed by atoms with Crippen LogP contribution in [0.3, 0.4) is 0 Å². The van der Waals surface area contributed by atoms with Crippen molar-refractivity contribution in [3.05, 3.63) is 46.9 Å². The van der Waals surface area contributed by atoms with Gasteiger partial charge in [-0.3, -0.25) is 0 Å². The van der Waals surface area contributed by atoms with Gasteiger partial charge < -0.3 is 10.6 Å². The number of hydrogen-bond acceptors (Lipinski definition) is 6. The summed E-state index contributed by atoms with van der Waals surface area (Å²) in [5, 5.41) is 8.22. The van der Waals surface area contributed by atoms with Crippen LogP contribution >= 0.6 is 22.7 Å². The van der Waals surface area contributed by atoms with Crippen LogP contribution in [0.1, 0.15) is 37.5 Å². The highest BCUT2D eigenvalue weighted by atomic mass is 32.1. The van der Waals surface area contributed by atoms with Gasteiger partial charge in [-0.05, 0) is 62.2 Å². The number of rotatable bonds is 8. The van der Waals surface area contributed by atoms with Gasteiger partial charge in [0.05, 0.1) is 21.4 Å². The van der Waals surface area contributed by atoms with Gasteiger partial charge in [-0.25, -0.2) is 9.97 Å². The summed E-state index contributed by atoms with van der Waals surface area (Å²) in [4.78, 5) is 11.6. The third kappa shape index (κ3) is 3.98. The molecular weight excluding hydrogens is 372 g/mol. The lowest BCUT2D eigenvalue weighted by Crippen LogP contribution is -2.16. The minimum atomic E-state index is 0.586. The molecule has 0 aliphatic heterocycles. The first kappa shape index (κ1) is 18.3. The topological polar surface area (TPSA) is 49.8 Å². The smallest absolute Gasteiger partial charge is 0.125 e. The number of pyridine rings is 1. The summed E-state index contributed by atoms with van der Waals surface area (Å²) < 4.78 is 1.21. The fourth-order valence-corrected chi connectivity index (χ4v) is 5.26. The lowest BCUT2D eigenvalue weighted by molar-refractivity contribution is 0.571. The zero-order chi connectivity index (χ0) is 18.6. The Labute approximate surface area is 167 Å².